The summed E-state index contributed by atoms with van der Waals surface area (Å²) in [4.78, 5) is 72.3. The van der Waals surface area contributed by atoms with Crippen molar-refractivity contribution in [3.8, 4) is 5.75 Å². The Balaban J connectivity index is 2.07. The van der Waals surface area contributed by atoms with Crippen LogP contribution in [0.4, 0.5) is 0 Å². The van der Waals surface area contributed by atoms with E-state index in [9.17, 15) is 44.1 Å². The van der Waals surface area contributed by atoms with Gasteiger partial charge in [-0.3, -0.25) is 24.0 Å². The number of aliphatic hydroxyl groups is 2. The quantitative estimate of drug-likeness (QED) is 0.133. The van der Waals surface area contributed by atoms with E-state index in [2.05, 4.69) is 0 Å². The predicted octanol–water partition coefficient (Wildman–Crippen LogP) is -0.572. The van der Waals surface area contributed by atoms with Crippen LogP contribution in [0.2, 0.25) is 0 Å². The van der Waals surface area contributed by atoms with Crippen LogP contribution < -0.4 is 0 Å². The molecule has 0 bridgehead atoms. The van der Waals surface area contributed by atoms with E-state index in [1.54, 1.807) is 6.07 Å². The molecule has 18 heteroatoms. The second-order valence-corrected chi connectivity index (χ2v) is 10.9. The summed E-state index contributed by atoms with van der Waals surface area (Å²) in [6, 6.07) is 5.84. The standard InChI is InChI=1S/C31H38O18/c1-15(32)41-12-22-25(39)29(47-24(38)10-9-20-7-6-8-21(37)11-20)31(48-22,14-43-17(3)34)49-30-28(45-19(5)36)26(40)27(44-18(4)35)23(46-30)13-42-16(2)33/h6-11,22-23,25-30,37,39-40H,12-14H2,1-5H3/b10-9-/t22-,23-,25-,26+,27-,28-,29+,30-,31+/m1/s1. The molecular weight excluding hydrogens is 660 g/mol. The molecule has 1 aromatic carbocycles. The highest BCUT2D eigenvalue weighted by Crippen LogP contribution is 2.40. The minimum Gasteiger partial charge on any atom is -0.508 e. The van der Waals surface area contributed by atoms with Crippen molar-refractivity contribution in [2.45, 2.75) is 89.4 Å². The Morgan fingerprint density at radius 2 is 1.37 bits per heavy atom. The number of carbonyl (C=O) groups is 6. The van der Waals surface area contributed by atoms with Crippen molar-refractivity contribution in [1.82, 2.24) is 0 Å². The second kappa shape index (κ2) is 17.2. The van der Waals surface area contributed by atoms with Gasteiger partial charge in [-0.05, 0) is 23.8 Å². The number of benzene rings is 1. The normalized spacial score (nSPS) is 29.4. The van der Waals surface area contributed by atoms with Crippen molar-refractivity contribution in [2.75, 3.05) is 19.8 Å². The minimum absolute atomic E-state index is 0.0859. The van der Waals surface area contributed by atoms with Gasteiger partial charge in [-0.1, -0.05) is 12.1 Å². The number of aliphatic hydroxyl groups excluding tert-OH is 2. The molecule has 0 spiro atoms. The number of hydrogen-bond donors (Lipinski definition) is 3. The lowest BCUT2D eigenvalue weighted by Gasteiger charge is -2.45. The summed E-state index contributed by atoms with van der Waals surface area (Å²) in [5.74, 6) is -7.97. The van der Waals surface area contributed by atoms with Gasteiger partial charge in [-0.2, -0.15) is 0 Å². The lowest BCUT2D eigenvalue weighted by molar-refractivity contribution is -0.384. The highest BCUT2D eigenvalue weighted by atomic mass is 16.8. The number of hydrogen-bond acceptors (Lipinski definition) is 18. The van der Waals surface area contributed by atoms with Gasteiger partial charge in [0.1, 0.15) is 50.0 Å². The van der Waals surface area contributed by atoms with E-state index in [4.69, 9.17) is 42.6 Å². The number of rotatable bonds is 13. The third kappa shape index (κ3) is 10.9. The van der Waals surface area contributed by atoms with Gasteiger partial charge < -0.3 is 58.0 Å². The molecule has 2 heterocycles. The van der Waals surface area contributed by atoms with Gasteiger partial charge in [0, 0.05) is 40.7 Å². The smallest absolute Gasteiger partial charge is 0.331 e. The number of aromatic hydroxyl groups is 1. The maximum Gasteiger partial charge on any atom is 0.331 e. The SMILES string of the molecule is CC(=O)OC[C@H]1O[C@@](COC(C)=O)(O[C@H]2O[C@H](COC(C)=O)[C@@H](OC(C)=O)[C@H](O)[C@H]2OC(C)=O)[C@@H](OC(=O)/C=C\c2cccc(O)c2)[C@@H]1O. The van der Waals surface area contributed by atoms with Crippen LogP contribution >= 0.6 is 0 Å². The van der Waals surface area contributed by atoms with Crippen molar-refractivity contribution in [3.63, 3.8) is 0 Å². The Morgan fingerprint density at radius 3 is 1.94 bits per heavy atom. The lowest BCUT2D eigenvalue weighted by Crippen LogP contribution is -2.65. The average Bonchev–Trinajstić information content (AvgIpc) is 3.26. The zero-order valence-electron chi connectivity index (χ0n) is 27.2. The zero-order valence-corrected chi connectivity index (χ0v) is 27.2. The Labute approximate surface area is 279 Å². The van der Waals surface area contributed by atoms with Gasteiger partial charge in [0.05, 0.1) is 0 Å². The summed E-state index contributed by atoms with van der Waals surface area (Å²) >= 11 is 0. The van der Waals surface area contributed by atoms with Crippen LogP contribution in [-0.2, 0) is 71.4 Å². The van der Waals surface area contributed by atoms with Gasteiger partial charge in [-0.25, -0.2) is 4.79 Å². The molecule has 0 aliphatic carbocycles. The maximum atomic E-state index is 13.1. The molecule has 2 saturated heterocycles. The molecule has 18 nitrogen and oxygen atoms in total. The molecule has 0 amide bonds. The van der Waals surface area contributed by atoms with Crippen LogP contribution in [0.5, 0.6) is 5.75 Å². The van der Waals surface area contributed by atoms with E-state index in [0.717, 1.165) is 40.7 Å². The van der Waals surface area contributed by atoms with E-state index >= 15 is 0 Å². The number of carbonyl (C=O) groups excluding carboxylic acids is 6. The van der Waals surface area contributed by atoms with Gasteiger partial charge in [0.15, 0.2) is 18.3 Å². The first-order valence-electron chi connectivity index (χ1n) is 14.8. The van der Waals surface area contributed by atoms with Crippen LogP contribution in [0.1, 0.15) is 40.2 Å². The van der Waals surface area contributed by atoms with Crippen LogP contribution in [0.25, 0.3) is 6.08 Å². The van der Waals surface area contributed by atoms with Crippen molar-refractivity contribution in [2.24, 2.45) is 0 Å². The molecule has 3 rings (SSSR count). The first-order valence-corrected chi connectivity index (χ1v) is 14.8. The zero-order chi connectivity index (χ0) is 36.5. The Morgan fingerprint density at radius 1 is 0.776 bits per heavy atom. The van der Waals surface area contributed by atoms with E-state index in [1.165, 1.54) is 24.3 Å². The fraction of sp³-hybridized carbons (Fsp3) is 0.548. The monoisotopic (exact) mass is 698 g/mol. The summed E-state index contributed by atoms with van der Waals surface area (Å²) in [6.07, 6.45) is -11.7. The summed E-state index contributed by atoms with van der Waals surface area (Å²) in [5.41, 5.74) is 0.394. The molecular formula is C31H38O18. The summed E-state index contributed by atoms with van der Waals surface area (Å²) in [5, 5.41) is 32.3. The average molecular weight is 699 g/mol. The number of phenolic OH excluding ortho intramolecular Hbond substituents is 1. The summed E-state index contributed by atoms with van der Waals surface area (Å²) in [6.45, 7) is 3.05. The molecule has 2 fully saturated rings. The molecule has 2 aliphatic heterocycles. The molecule has 270 valence electrons. The molecule has 9 atom stereocenters. The third-order valence-electron chi connectivity index (χ3n) is 6.92. The molecule has 0 saturated carbocycles. The topological polar surface area (TPSA) is 246 Å². The largest absolute Gasteiger partial charge is 0.508 e. The van der Waals surface area contributed by atoms with E-state index in [0.29, 0.717) is 5.56 Å². The first kappa shape index (κ1) is 38.8. The Kier molecular flexibility index (Phi) is 13.6. The summed E-state index contributed by atoms with van der Waals surface area (Å²) < 4.78 is 49.0. The maximum absolute atomic E-state index is 13.1. The molecule has 49 heavy (non-hydrogen) atoms. The highest BCUT2D eigenvalue weighted by molar-refractivity contribution is 5.87. The van der Waals surface area contributed by atoms with E-state index in [-0.39, 0.29) is 5.75 Å². The molecule has 0 unspecified atom stereocenters. The molecule has 1 aromatic rings. The molecule has 3 N–H and O–H groups in total. The lowest BCUT2D eigenvalue weighted by atomic mass is 9.98. The summed E-state index contributed by atoms with van der Waals surface area (Å²) in [7, 11) is 0. The Bertz CT molecular complexity index is 1410. The van der Waals surface area contributed by atoms with Crippen LogP contribution in [0.3, 0.4) is 0 Å². The number of ether oxygens (including phenoxy) is 9. The van der Waals surface area contributed by atoms with Gasteiger partial charge >= 0.3 is 35.8 Å². The predicted molar refractivity (Wildman–Crippen MR) is 157 cm³/mol. The first-order chi connectivity index (χ1) is 23.0. The second-order valence-electron chi connectivity index (χ2n) is 10.9. The van der Waals surface area contributed by atoms with Gasteiger partial charge in [0.25, 0.3) is 0 Å². The fourth-order valence-corrected chi connectivity index (χ4v) is 4.92. The van der Waals surface area contributed by atoms with E-state index < -0.39 is 110 Å². The van der Waals surface area contributed by atoms with Crippen LogP contribution in [0, 0.1) is 0 Å². The van der Waals surface area contributed by atoms with Crippen LogP contribution in [-0.4, -0.2) is 126 Å². The van der Waals surface area contributed by atoms with Crippen molar-refractivity contribution >= 4 is 41.9 Å². The Hall–Kier alpha value is -4.62. The van der Waals surface area contributed by atoms with Gasteiger partial charge in [-0.15, -0.1) is 0 Å². The molecule has 0 aromatic heterocycles. The number of phenols is 1. The molecule has 0 radical (unpaired) electrons. The van der Waals surface area contributed by atoms with E-state index in [1.807, 2.05) is 0 Å². The third-order valence-corrected chi connectivity index (χ3v) is 6.92. The number of esters is 6. The van der Waals surface area contributed by atoms with Gasteiger partial charge in [0.2, 0.25) is 12.1 Å². The fourth-order valence-electron chi connectivity index (χ4n) is 4.92. The van der Waals surface area contributed by atoms with Crippen molar-refractivity contribution < 1.29 is 86.7 Å². The molecule has 2 aliphatic rings. The van der Waals surface area contributed by atoms with Crippen LogP contribution in [0.15, 0.2) is 30.3 Å². The van der Waals surface area contributed by atoms with Crippen molar-refractivity contribution in [3.05, 3.63) is 35.9 Å². The minimum atomic E-state index is -2.52. The highest BCUT2D eigenvalue weighted by Gasteiger charge is 2.63. The van der Waals surface area contributed by atoms with Crippen molar-refractivity contribution in [1.29, 1.82) is 0 Å².